The zero-order chi connectivity index (χ0) is 17.3. The van der Waals surface area contributed by atoms with Gasteiger partial charge in [0, 0.05) is 19.7 Å². The summed E-state index contributed by atoms with van der Waals surface area (Å²) in [5.74, 6) is -0.357. The summed E-state index contributed by atoms with van der Waals surface area (Å²) < 4.78 is 25.1. The molecule has 3 rings (SSSR count). The van der Waals surface area contributed by atoms with Crippen LogP contribution in [0.3, 0.4) is 0 Å². The van der Waals surface area contributed by atoms with Gasteiger partial charge in [0.15, 0.2) is 5.65 Å². The molecule has 0 radical (unpaired) electrons. The molecule has 8 nitrogen and oxygen atoms in total. The van der Waals surface area contributed by atoms with E-state index in [0.29, 0.717) is 22.4 Å². The highest BCUT2D eigenvalue weighted by Gasteiger charge is 2.17. The highest BCUT2D eigenvalue weighted by atomic mass is 32.2. The Labute approximate surface area is 138 Å². The van der Waals surface area contributed by atoms with Gasteiger partial charge in [-0.15, -0.1) is 0 Å². The summed E-state index contributed by atoms with van der Waals surface area (Å²) >= 11 is 0. The Hall–Kier alpha value is -2.78. The molecule has 0 aliphatic rings. The number of sulfonamides is 1. The van der Waals surface area contributed by atoms with Crippen molar-refractivity contribution in [3.05, 3.63) is 48.4 Å². The second-order valence-corrected chi connectivity index (χ2v) is 7.42. The van der Waals surface area contributed by atoms with E-state index >= 15 is 0 Å². The average molecular weight is 345 g/mol. The van der Waals surface area contributed by atoms with Gasteiger partial charge in [-0.2, -0.15) is 0 Å². The standard InChI is InChI=1S/C15H15N5O3S/c1-20(2)24(22,23)12-5-3-10(4-6-12)15(21)19-11-7-13-14(16-8-11)18-9-17-13/h3-9H,1-2H3,(H,19,21)(H,16,17,18). The van der Waals surface area contributed by atoms with Gasteiger partial charge in [0.25, 0.3) is 5.91 Å². The van der Waals surface area contributed by atoms with Crippen LogP contribution in [0.5, 0.6) is 0 Å². The number of fused-ring (bicyclic) bond motifs is 1. The predicted octanol–water partition coefficient (Wildman–Crippen LogP) is 1.46. The normalized spacial score (nSPS) is 11.8. The molecule has 24 heavy (non-hydrogen) atoms. The third kappa shape index (κ3) is 2.99. The van der Waals surface area contributed by atoms with E-state index in [1.165, 1.54) is 50.9 Å². The fourth-order valence-electron chi connectivity index (χ4n) is 2.09. The van der Waals surface area contributed by atoms with Crippen molar-refractivity contribution in [2.45, 2.75) is 4.90 Å². The maximum absolute atomic E-state index is 12.3. The van der Waals surface area contributed by atoms with Gasteiger partial charge in [-0.05, 0) is 30.3 Å². The quantitative estimate of drug-likeness (QED) is 0.744. The van der Waals surface area contributed by atoms with Gasteiger partial charge in [-0.25, -0.2) is 22.7 Å². The van der Waals surface area contributed by atoms with Crippen LogP contribution in [0, 0.1) is 0 Å². The number of pyridine rings is 1. The molecular formula is C15H15N5O3S. The number of amides is 1. The molecule has 0 saturated heterocycles. The van der Waals surface area contributed by atoms with Crippen LogP contribution >= 0.6 is 0 Å². The summed E-state index contributed by atoms with van der Waals surface area (Å²) in [4.78, 5) is 23.4. The number of anilines is 1. The van der Waals surface area contributed by atoms with E-state index in [4.69, 9.17) is 0 Å². The number of aromatic nitrogens is 3. The smallest absolute Gasteiger partial charge is 0.255 e. The van der Waals surface area contributed by atoms with E-state index in [2.05, 4.69) is 20.3 Å². The lowest BCUT2D eigenvalue weighted by Crippen LogP contribution is -2.22. The third-order valence-electron chi connectivity index (χ3n) is 3.43. The molecule has 0 aliphatic carbocycles. The van der Waals surface area contributed by atoms with Gasteiger partial charge in [0.05, 0.1) is 28.6 Å². The van der Waals surface area contributed by atoms with Gasteiger partial charge in [-0.3, -0.25) is 4.79 Å². The van der Waals surface area contributed by atoms with Gasteiger partial charge in [-0.1, -0.05) is 0 Å². The molecule has 0 bridgehead atoms. The van der Waals surface area contributed by atoms with Gasteiger partial charge < -0.3 is 10.3 Å². The number of imidazole rings is 1. The number of hydrogen-bond donors (Lipinski definition) is 2. The fourth-order valence-corrected chi connectivity index (χ4v) is 2.99. The third-order valence-corrected chi connectivity index (χ3v) is 5.26. The lowest BCUT2D eigenvalue weighted by atomic mass is 10.2. The number of carbonyl (C=O) groups is 1. The molecular weight excluding hydrogens is 330 g/mol. The topological polar surface area (TPSA) is 108 Å². The number of H-pyrrole nitrogens is 1. The Kier molecular flexibility index (Phi) is 4.04. The van der Waals surface area contributed by atoms with Crippen molar-refractivity contribution in [3.8, 4) is 0 Å². The Balaban J connectivity index is 1.80. The SMILES string of the molecule is CN(C)S(=O)(=O)c1ccc(C(=O)Nc2cnc3nc[nH]c3c2)cc1. The molecule has 0 saturated carbocycles. The molecule has 2 heterocycles. The van der Waals surface area contributed by atoms with Crippen LogP contribution in [0.1, 0.15) is 10.4 Å². The van der Waals surface area contributed by atoms with E-state index in [0.717, 1.165) is 4.31 Å². The summed E-state index contributed by atoms with van der Waals surface area (Å²) in [6, 6.07) is 7.46. The highest BCUT2D eigenvalue weighted by molar-refractivity contribution is 7.89. The van der Waals surface area contributed by atoms with Crippen molar-refractivity contribution in [1.82, 2.24) is 19.3 Å². The maximum Gasteiger partial charge on any atom is 0.255 e. The van der Waals surface area contributed by atoms with E-state index in [-0.39, 0.29) is 10.8 Å². The molecule has 0 aliphatic heterocycles. The van der Waals surface area contributed by atoms with Crippen molar-refractivity contribution < 1.29 is 13.2 Å². The summed E-state index contributed by atoms with van der Waals surface area (Å²) in [7, 11) is -0.610. The van der Waals surface area contributed by atoms with E-state index < -0.39 is 10.0 Å². The van der Waals surface area contributed by atoms with Crippen LogP contribution in [0.25, 0.3) is 11.2 Å². The first-order chi connectivity index (χ1) is 11.4. The van der Waals surface area contributed by atoms with Crippen molar-refractivity contribution in [2.75, 3.05) is 19.4 Å². The van der Waals surface area contributed by atoms with Crippen LogP contribution < -0.4 is 5.32 Å². The Morgan fingerprint density at radius 3 is 2.54 bits per heavy atom. The predicted molar refractivity (Wildman–Crippen MR) is 89.2 cm³/mol. The molecule has 0 unspecified atom stereocenters. The van der Waals surface area contributed by atoms with E-state index in [1.807, 2.05) is 0 Å². The molecule has 3 aromatic rings. The number of nitrogens with zero attached hydrogens (tertiary/aromatic N) is 3. The molecule has 0 fully saturated rings. The molecule has 2 aromatic heterocycles. The number of benzene rings is 1. The molecule has 0 atom stereocenters. The second-order valence-electron chi connectivity index (χ2n) is 5.26. The number of rotatable bonds is 4. The van der Waals surface area contributed by atoms with Crippen LogP contribution in [0.4, 0.5) is 5.69 Å². The van der Waals surface area contributed by atoms with Crippen molar-refractivity contribution >= 4 is 32.8 Å². The van der Waals surface area contributed by atoms with E-state index in [1.54, 1.807) is 6.07 Å². The molecule has 124 valence electrons. The fraction of sp³-hybridized carbons (Fsp3) is 0.133. The van der Waals surface area contributed by atoms with Gasteiger partial charge >= 0.3 is 0 Å². The summed E-state index contributed by atoms with van der Waals surface area (Å²) in [6.45, 7) is 0. The summed E-state index contributed by atoms with van der Waals surface area (Å²) in [5.41, 5.74) is 2.13. The average Bonchev–Trinajstić information content (AvgIpc) is 3.02. The molecule has 0 spiro atoms. The molecule has 9 heteroatoms. The zero-order valence-electron chi connectivity index (χ0n) is 13.0. The Bertz CT molecular complexity index is 993. The molecule has 1 amide bonds. The number of carbonyl (C=O) groups excluding carboxylic acids is 1. The summed E-state index contributed by atoms with van der Waals surface area (Å²) in [5, 5.41) is 2.71. The highest BCUT2D eigenvalue weighted by Crippen LogP contribution is 2.16. The molecule has 1 aromatic carbocycles. The monoisotopic (exact) mass is 345 g/mol. The maximum atomic E-state index is 12.3. The Morgan fingerprint density at radius 2 is 1.88 bits per heavy atom. The lowest BCUT2D eigenvalue weighted by Gasteiger charge is -2.11. The minimum absolute atomic E-state index is 0.129. The van der Waals surface area contributed by atoms with Crippen LogP contribution in [-0.2, 0) is 10.0 Å². The van der Waals surface area contributed by atoms with Crippen molar-refractivity contribution in [2.24, 2.45) is 0 Å². The van der Waals surface area contributed by atoms with Crippen molar-refractivity contribution in [3.63, 3.8) is 0 Å². The van der Waals surface area contributed by atoms with E-state index in [9.17, 15) is 13.2 Å². The first-order valence-electron chi connectivity index (χ1n) is 7.01. The molecule has 2 N–H and O–H groups in total. The van der Waals surface area contributed by atoms with Crippen LogP contribution in [0.2, 0.25) is 0 Å². The van der Waals surface area contributed by atoms with Gasteiger partial charge in [0.2, 0.25) is 10.0 Å². The first-order valence-corrected chi connectivity index (χ1v) is 8.45. The van der Waals surface area contributed by atoms with Crippen LogP contribution in [-0.4, -0.2) is 47.7 Å². The zero-order valence-corrected chi connectivity index (χ0v) is 13.8. The first kappa shape index (κ1) is 16.1. The van der Waals surface area contributed by atoms with Crippen LogP contribution in [0.15, 0.2) is 47.8 Å². The summed E-state index contributed by atoms with van der Waals surface area (Å²) in [6.07, 6.45) is 3.03. The lowest BCUT2D eigenvalue weighted by molar-refractivity contribution is 0.102. The second kappa shape index (κ2) is 6.02. The largest absolute Gasteiger partial charge is 0.343 e. The minimum atomic E-state index is -3.52. The number of hydrogen-bond acceptors (Lipinski definition) is 5. The Morgan fingerprint density at radius 1 is 1.17 bits per heavy atom. The number of aromatic amines is 1. The minimum Gasteiger partial charge on any atom is -0.343 e. The number of nitrogens with one attached hydrogen (secondary N) is 2. The van der Waals surface area contributed by atoms with Gasteiger partial charge in [0.1, 0.15) is 0 Å². The van der Waals surface area contributed by atoms with Crippen molar-refractivity contribution in [1.29, 1.82) is 0 Å².